The number of esters is 1. The molecule has 1 saturated carbocycles. The fraction of sp³-hybridized carbons (Fsp3) is 0.615. The molecule has 1 aliphatic carbocycles. The molecule has 0 radical (unpaired) electrons. The van der Waals surface area contributed by atoms with Crippen molar-refractivity contribution in [1.82, 2.24) is 9.97 Å². The molecule has 1 heterocycles. The Balaban J connectivity index is 1.91. The summed E-state index contributed by atoms with van der Waals surface area (Å²) in [5.74, 6) is 0.0385. The Morgan fingerprint density at radius 2 is 2.11 bits per heavy atom. The molecule has 0 unspecified atom stereocenters. The van der Waals surface area contributed by atoms with E-state index in [4.69, 9.17) is 0 Å². The Bertz CT molecular complexity index is 427. The maximum atomic E-state index is 11.2. The number of methoxy groups -OCH3 is 1. The molecule has 1 aliphatic rings. The topological polar surface area (TPSA) is 84.3 Å². The fourth-order valence-electron chi connectivity index (χ4n) is 2.27. The monoisotopic (exact) mass is 265 g/mol. The number of carbonyl (C=O) groups excluding carboxylic acids is 1. The van der Waals surface area contributed by atoms with Crippen LogP contribution in [0, 0.1) is 0 Å². The summed E-state index contributed by atoms with van der Waals surface area (Å²) < 4.78 is 4.55. The van der Waals surface area contributed by atoms with Crippen molar-refractivity contribution >= 4 is 11.8 Å². The maximum Gasteiger partial charge on any atom is 0.358 e. The van der Waals surface area contributed by atoms with E-state index in [1.807, 2.05) is 0 Å². The number of ether oxygens (including phenoxy) is 1. The molecule has 0 bridgehead atoms. The Hall–Kier alpha value is -1.69. The molecule has 1 aromatic heterocycles. The second-order valence-corrected chi connectivity index (χ2v) is 4.92. The van der Waals surface area contributed by atoms with Crippen molar-refractivity contribution in [2.45, 2.75) is 37.7 Å². The number of hydrogen-bond acceptors (Lipinski definition) is 6. The van der Waals surface area contributed by atoms with E-state index in [2.05, 4.69) is 20.0 Å². The van der Waals surface area contributed by atoms with Crippen LogP contribution in [-0.2, 0) is 4.74 Å². The van der Waals surface area contributed by atoms with Gasteiger partial charge in [0, 0.05) is 6.54 Å². The third kappa shape index (κ3) is 3.64. The Kier molecular flexibility index (Phi) is 4.31. The molecule has 6 nitrogen and oxygen atoms in total. The van der Waals surface area contributed by atoms with Gasteiger partial charge in [-0.05, 0) is 12.8 Å². The van der Waals surface area contributed by atoms with Crippen LogP contribution >= 0.6 is 0 Å². The van der Waals surface area contributed by atoms with Gasteiger partial charge in [-0.25, -0.2) is 14.8 Å². The van der Waals surface area contributed by atoms with Crippen LogP contribution in [-0.4, -0.2) is 40.3 Å². The van der Waals surface area contributed by atoms with Gasteiger partial charge < -0.3 is 15.2 Å². The Morgan fingerprint density at radius 1 is 1.37 bits per heavy atom. The van der Waals surface area contributed by atoms with Crippen molar-refractivity contribution in [2.24, 2.45) is 0 Å². The highest BCUT2D eigenvalue weighted by Gasteiger charge is 2.28. The summed E-state index contributed by atoms with van der Waals surface area (Å²) in [5, 5.41) is 13.4. The summed E-state index contributed by atoms with van der Waals surface area (Å²) >= 11 is 0. The van der Waals surface area contributed by atoms with Gasteiger partial charge in [0.25, 0.3) is 0 Å². The zero-order chi connectivity index (χ0) is 13.7. The normalized spacial score (nSPS) is 17.8. The summed E-state index contributed by atoms with van der Waals surface area (Å²) in [5.41, 5.74) is -0.481. The zero-order valence-electron chi connectivity index (χ0n) is 11.1. The van der Waals surface area contributed by atoms with Gasteiger partial charge in [-0.15, -0.1) is 0 Å². The van der Waals surface area contributed by atoms with Crippen LogP contribution in [0.15, 0.2) is 12.4 Å². The summed E-state index contributed by atoms with van der Waals surface area (Å²) in [6, 6.07) is 0. The molecule has 104 valence electrons. The number of carbonyl (C=O) groups is 1. The minimum Gasteiger partial charge on any atom is -0.464 e. The van der Waals surface area contributed by atoms with E-state index < -0.39 is 11.6 Å². The molecule has 19 heavy (non-hydrogen) atoms. The lowest BCUT2D eigenvalue weighted by Gasteiger charge is -2.32. The largest absolute Gasteiger partial charge is 0.464 e. The molecule has 0 amide bonds. The number of hydrogen-bond donors (Lipinski definition) is 2. The fourth-order valence-corrected chi connectivity index (χ4v) is 2.27. The quantitative estimate of drug-likeness (QED) is 0.800. The first-order valence-electron chi connectivity index (χ1n) is 6.50. The van der Waals surface area contributed by atoms with Crippen LogP contribution in [0.5, 0.6) is 0 Å². The number of nitrogens with zero attached hydrogens (tertiary/aromatic N) is 2. The van der Waals surface area contributed by atoms with E-state index in [1.165, 1.54) is 25.9 Å². The van der Waals surface area contributed by atoms with Crippen LogP contribution in [0.4, 0.5) is 5.82 Å². The van der Waals surface area contributed by atoms with Gasteiger partial charge in [0.15, 0.2) is 5.69 Å². The SMILES string of the molecule is COC(=O)c1cnc(NCC2(O)CCCCC2)cn1. The first-order chi connectivity index (χ1) is 9.13. The minimum atomic E-state index is -0.652. The van der Waals surface area contributed by atoms with Gasteiger partial charge in [0.05, 0.1) is 25.1 Å². The van der Waals surface area contributed by atoms with Crippen LogP contribution in [0.3, 0.4) is 0 Å². The van der Waals surface area contributed by atoms with E-state index in [0.717, 1.165) is 25.7 Å². The number of aromatic nitrogens is 2. The molecule has 0 aliphatic heterocycles. The number of rotatable bonds is 4. The maximum absolute atomic E-state index is 11.2. The van der Waals surface area contributed by atoms with E-state index in [-0.39, 0.29) is 5.69 Å². The first kappa shape index (κ1) is 13.7. The lowest BCUT2D eigenvalue weighted by molar-refractivity contribution is 0.0166. The van der Waals surface area contributed by atoms with E-state index in [1.54, 1.807) is 0 Å². The molecule has 0 aromatic carbocycles. The summed E-state index contributed by atoms with van der Waals surface area (Å²) in [6.45, 7) is 0.458. The number of anilines is 1. The van der Waals surface area contributed by atoms with Gasteiger partial charge >= 0.3 is 5.97 Å². The summed E-state index contributed by atoms with van der Waals surface area (Å²) in [6.07, 6.45) is 7.77. The van der Waals surface area contributed by atoms with Crippen molar-refractivity contribution in [3.63, 3.8) is 0 Å². The number of aliphatic hydroxyl groups is 1. The standard InChI is InChI=1S/C13H19N3O3/c1-19-12(17)10-7-15-11(8-14-10)16-9-13(18)5-3-2-4-6-13/h7-8,18H,2-6,9H2,1H3,(H,15,16). The molecule has 0 atom stereocenters. The molecule has 1 aromatic rings. The first-order valence-corrected chi connectivity index (χ1v) is 6.50. The molecule has 0 spiro atoms. The van der Waals surface area contributed by atoms with Crippen LogP contribution in [0.25, 0.3) is 0 Å². The lowest BCUT2D eigenvalue weighted by atomic mass is 9.85. The molecule has 2 rings (SSSR count). The van der Waals surface area contributed by atoms with E-state index in [9.17, 15) is 9.90 Å². The molecule has 0 saturated heterocycles. The second kappa shape index (κ2) is 5.97. The smallest absolute Gasteiger partial charge is 0.358 e. The molecule has 1 fully saturated rings. The van der Waals surface area contributed by atoms with Crippen LogP contribution in [0.1, 0.15) is 42.6 Å². The average Bonchev–Trinajstić information content (AvgIpc) is 2.46. The predicted molar refractivity (Wildman–Crippen MR) is 69.9 cm³/mol. The van der Waals surface area contributed by atoms with Crippen molar-refractivity contribution in [3.8, 4) is 0 Å². The molecular weight excluding hydrogens is 246 g/mol. The van der Waals surface area contributed by atoms with Crippen molar-refractivity contribution < 1.29 is 14.6 Å². The summed E-state index contributed by atoms with van der Waals surface area (Å²) in [4.78, 5) is 19.2. The van der Waals surface area contributed by atoms with Crippen molar-refractivity contribution in [3.05, 3.63) is 18.1 Å². The van der Waals surface area contributed by atoms with Gasteiger partial charge in [-0.2, -0.15) is 0 Å². The molecule has 2 N–H and O–H groups in total. The number of nitrogens with one attached hydrogen (secondary N) is 1. The van der Waals surface area contributed by atoms with Gasteiger partial charge in [-0.1, -0.05) is 19.3 Å². The summed E-state index contributed by atoms with van der Waals surface area (Å²) in [7, 11) is 1.30. The minimum absolute atomic E-state index is 0.171. The van der Waals surface area contributed by atoms with Crippen molar-refractivity contribution in [1.29, 1.82) is 0 Å². The Labute approximate surface area is 112 Å². The van der Waals surface area contributed by atoms with E-state index >= 15 is 0 Å². The van der Waals surface area contributed by atoms with Crippen LogP contribution < -0.4 is 5.32 Å². The highest BCUT2D eigenvalue weighted by atomic mass is 16.5. The van der Waals surface area contributed by atoms with Gasteiger partial charge in [-0.3, -0.25) is 0 Å². The highest BCUT2D eigenvalue weighted by Crippen LogP contribution is 2.27. The second-order valence-electron chi connectivity index (χ2n) is 4.92. The third-order valence-electron chi connectivity index (χ3n) is 3.43. The van der Waals surface area contributed by atoms with Gasteiger partial charge in [0.1, 0.15) is 5.82 Å². The predicted octanol–water partition coefficient (Wildman–Crippen LogP) is 1.37. The van der Waals surface area contributed by atoms with Gasteiger partial charge in [0.2, 0.25) is 0 Å². The Morgan fingerprint density at radius 3 is 2.68 bits per heavy atom. The third-order valence-corrected chi connectivity index (χ3v) is 3.43. The molecule has 6 heteroatoms. The van der Waals surface area contributed by atoms with Crippen molar-refractivity contribution in [2.75, 3.05) is 19.0 Å². The highest BCUT2D eigenvalue weighted by molar-refractivity contribution is 5.86. The lowest BCUT2D eigenvalue weighted by Crippen LogP contribution is -2.38. The zero-order valence-corrected chi connectivity index (χ0v) is 11.1. The average molecular weight is 265 g/mol. The van der Waals surface area contributed by atoms with Crippen LogP contribution in [0.2, 0.25) is 0 Å². The van der Waals surface area contributed by atoms with E-state index in [0.29, 0.717) is 12.4 Å². The molecular formula is C13H19N3O3.